The van der Waals surface area contributed by atoms with Crippen molar-refractivity contribution in [1.82, 2.24) is 0 Å². The van der Waals surface area contributed by atoms with Gasteiger partial charge in [0, 0.05) is 12.2 Å². The van der Waals surface area contributed by atoms with E-state index in [1.807, 2.05) is 13.0 Å². The lowest BCUT2D eigenvalue weighted by Crippen LogP contribution is -2.55. The van der Waals surface area contributed by atoms with Gasteiger partial charge in [-0.25, -0.2) is 0 Å². The highest BCUT2D eigenvalue weighted by atomic mass is 32.1. The molecule has 1 aliphatic carbocycles. The Kier molecular flexibility index (Phi) is 5.84. The molecule has 2 aromatic rings. The van der Waals surface area contributed by atoms with Gasteiger partial charge in [0.1, 0.15) is 17.4 Å². The summed E-state index contributed by atoms with van der Waals surface area (Å²) in [6.45, 7) is 3.03. The third-order valence-electron chi connectivity index (χ3n) is 7.12. The zero-order valence-electron chi connectivity index (χ0n) is 19.4. The van der Waals surface area contributed by atoms with E-state index in [9.17, 15) is 23.1 Å². The second kappa shape index (κ2) is 8.64. The molecule has 2 aliphatic heterocycles. The second-order valence-corrected chi connectivity index (χ2v) is 9.46. The average Bonchev–Trinajstić information content (AvgIpc) is 3.08. The Bertz CT molecular complexity index is 1290. The summed E-state index contributed by atoms with van der Waals surface area (Å²) in [4.78, 5) is 18.7. The lowest BCUT2D eigenvalue weighted by atomic mass is 9.75. The smallest absolute Gasteiger partial charge is 0.417 e. The zero-order valence-corrected chi connectivity index (χ0v) is 20.2. The monoisotopic (exact) mass is 516 g/mol. The number of nitrogens with zero attached hydrogens (tertiary/aromatic N) is 4. The highest BCUT2D eigenvalue weighted by molar-refractivity contribution is 7.81. The van der Waals surface area contributed by atoms with E-state index in [1.54, 1.807) is 23.1 Å². The second-order valence-electron chi connectivity index (χ2n) is 9.10. The van der Waals surface area contributed by atoms with Crippen molar-refractivity contribution < 1.29 is 27.8 Å². The van der Waals surface area contributed by atoms with Crippen LogP contribution in [0.4, 0.5) is 30.2 Å². The highest BCUT2D eigenvalue weighted by Gasteiger charge is 2.59. The number of benzene rings is 2. The van der Waals surface area contributed by atoms with Crippen molar-refractivity contribution in [3.05, 3.63) is 47.5 Å². The first-order chi connectivity index (χ1) is 17.1. The number of amides is 1. The van der Waals surface area contributed by atoms with E-state index in [2.05, 4.69) is 4.90 Å². The fourth-order valence-corrected chi connectivity index (χ4v) is 5.63. The van der Waals surface area contributed by atoms with E-state index in [0.29, 0.717) is 37.4 Å². The molecule has 11 heteroatoms. The van der Waals surface area contributed by atoms with Crippen LogP contribution < -0.4 is 19.4 Å². The van der Waals surface area contributed by atoms with Gasteiger partial charge < -0.3 is 19.6 Å². The number of ether oxygens (including phenoxy) is 1. The van der Waals surface area contributed by atoms with Crippen molar-refractivity contribution in [3.63, 3.8) is 0 Å². The molecule has 2 fully saturated rings. The van der Waals surface area contributed by atoms with E-state index in [4.69, 9.17) is 22.2 Å². The molecule has 0 unspecified atom stereocenters. The maximum Gasteiger partial charge on any atom is 0.417 e. The lowest BCUT2D eigenvalue weighted by molar-refractivity contribution is -0.137. The van der Waals surface area contributed by atoms with Crippen LogP contribution in [0.25, 0.3) is 0 Å². The van der Waals surface area contributed by atoms with Gasteiger partial charge >= 0.3 is 6.18 Å². The van der Waals surface area contributed by atoms with Crippen molar-refractivity contribution in [1.29, 1.82) is 5.26 Å². The van der Waals surface area contributed by atoms with Crippen LogP contribution in [0, 0.1) is 11.3 Å². The van der Waals surface area contributed by atoms with Gasteiger partial charge in [-0.3, -0.25) is 9.69 Å². The Labute approximate surface area is 211 Å². The summed E-state index contributed by atoms with van der Waals surface area (Å²) < 4.78 is 46.7. The molecule has 0 bridgehead atoms. The minimum atomic E-state index is -4.76. The number of rotatable bonds is 4. The third-order valence-corrected chi connectivity index (χ3v) is 7.49. The minimum absolute atomic E-state index is 0.0210. The molecule has 2 heterocycles. The van der Waals surface area contributed by atoms with Crippen LogP contribution in [0.2, 0.25) is 0 Å². The van der Waals surface area contributed by atoms with Crippen LogP contribution in [0.5, 0.6) is 5.75 Å². The molecule has 188 valence electrons. The first kappa shape index (κ1) is 24.3. The number of halogens is 3. The fourth-order valence-electron chi connectivity index (χ4n) is 5.16. The number of hydrogen-bond acceptors (Lipinski definition) is 6. The van der Waals surface area contributed by atoms with Gasteiger partial charge in [0.15, 0.2) is 5.11 Å². The maximum absolute atomic E-state index is 13.7. The Hall–Kier alpha value is -3.36. The SMILES string of the molecule is CCN1C[C@H](CO)Oc2ccc(N3C(=S)N(c4ccc(C#N)c(C(F)(F)F)c4)C(=O)C34CCC4)cc21. The number of aliphatic hydroxyl groups excluding tert-OH is 1. The van der Waals surface area contributed by atoms with Crippen LogP contribution in [0.1, 0.15) is 37.3 Å². The van der Waals surface area contributed by atoms with Crippen molar-refractivity contribution in [2.45, 2.75) is 44.0 Å². The molecule has 1 saturated carbocycles. The quantitative estimate of drug-likeness (QED) is 0.610. The molecular weight excluding hydrogens is 493 g/mol. The third kappa shape index (κ3) is 3.59. The predicted molar refractivity (Wildman–Crippen MR) is 131 cm³/mol. The van der Waals surface area contributed by atoms with Gasteiger partial charge in [0.05, 0.1) is 41.7 Å². The topological polar surface area (TPSA) is 80.0 Å². The average molecular weight is 517 g/mol. The Morgan fingerprint density at radius 3 is 2.53 bits per heavy atom. The Balaban J connectivity index is 1.57. The van der Waals surface area contributed by atoms with Crippen LogP contribution in [-0.4, -0.2) is 47.5 Å². The summed E-state index contributed by atoms with van der Waals surface area (Å²) >= 11 is 5.71. The summed E-state index contributed by atoms with van der Waals surface area (Å²) in [5.74, 6) is 0.224. The largest absolute Gasteiger partial charge is 0.484 e. The molecule has 3 aliphatic rings. The molecule has 1 N–H and O–H groups in total. The van der Waals surface area contributed by atoms with Crippen LogP contribution in [0.15, 0.2) is 36.4 Å². The van der Waals surface area contributed by atoms with Gasteiger partial charge in [-0.2, -0.15) is 18.4 Å². The number of alkyl halides is 3. The molecule has 7 nitrogen and oxygen atoms in total. The summed E-state index contributed by atoms with van der Waals surface area (Å²) in [6, 6.07) is 10.2. The molecule has 36 heavy (non-hydrogen) atoms. The number of likely N-dealkylation sites (N-methyl/N-ethyl adjacent to an activating group) is 1. The van der Waals surface area contributed by atoms with Gasteiger partial charge in [0.25, 0.3) is 5.91 Å². The molecule has 0 radical (unpaired) electrons. The number of hydrogen-bond donors (Lipinski definition) is 1. The lowest BCUT2D eigenvalue weighted by Gasteiger charge is -2.43. The van der Waals surface area contributed by atoms with Crippen LogP contribution in [0.3, 0.4) is 0 Å². The van der Waals surface area contributed by atoms with E-state index in [1.165, 1.54) is 6.07 Å². The number of carbonyl (C=O) groups is 1. The van der Waals surface area contributed by atoms with Gasteiger partial charge in [0.2, 0.25) is 0 Å². The maximum atomic E-state index is 13.7. The number of anilines is 3. The van der Waals surface area contributed by atoms with E-state index < -0.39 is 22.8 Å². The minimum Gasteiger partial charge on any atom is -0.484 e. The summed E-state index contributed by atoms with van der Waals surface area (Å²) in [6.07, 6.45) is -3.29. The molecule has 5 rings (SSSR count). The van der Waals surface area contributed by atoms with E-state index >= 15 is 0 Å². The normalized spacial score (nSPS) is 20.8. The molecule has 1 atom stereocenters. The standard InChI is InChI=1S/C25H23F3N4O3S/c1-2-30-13-18(14-33)35-21-7-6-17(11-20(21)30)32-23(36)31(22(34)24(32)8-3-9-24)16-5-4-15(12-29)19(10-16)25(26,27)28/h4-7,10-11,18,33H,2-3,8-9,13-14H2,1H3/t18-/m1/s1. The predicted octanol–water partition coefficient (Wildman–Crippen LogP) is 4.22. The van der Waals surface area contributed by atoms with Crippen molar-refractivity contribution in [2.24, 2.45) is 0 Å². The molecule has 0 aromatic heterocycles. The number of aliphatic hydroxyl groups is 1. The Morgan fingerprint density at radius 2 is 1.94 bits per heavy atom. The van der Waals surface area contributed by atoms with Gasteiger partial charge in [-0.15, -0.1) is 0 Å². The number of nitriles is 1. The first-order valence-electron chi connectivity index (χ1n) is 11.6. The number of carbonyl (C=O) groups excluding carboxylic acids is 1. The molecule has 1 spiro atoms. The van der Waals surface area contributed by atoms with E-state index in [-0.39, 0.29) is 29.4 Å². The first-order valence-corrected chi connectivity index (χ1v) is 12.0. The highest BCUT2D eigenvalue weighted by Crippen LogP contribution is 2.49. The summed E-state index contributed by atoms with van der Waals surface area (Å²) in [7, 11) is 0. The fraction of sp³-hybridized carbons (Fsp3) is 0.400. The van der Waals surface area contributed by atoms with Gasteiger partial charge in [-0.1, -0.05) is 0 Å². The Morgan fingerprint density at radius 1 is 1.22 bits per heavy atom. The van der Waals surface area contributed by atoms with Gasteiger partial charge in [-0.05, 0) is 74.8 Å². The van der Waals surface area contributed by atoms with Crippen LogP contribution >= 0.6 is 12.2 Å². The molecular formula is C25H23F3N4O3S. The molecule has 2 aromatic carbocycles. The van der Waals surface area contributed by atoms with Crippen molar-refractivity contribution >= 4 is 40.3 Å². The van der Waals surface area contributed by atoms with Crippen LogP contribution in [-0.2, 0) is 11.0 Å². The number of fused-ring (bicyclic) bond motifs is 1. The zero-order chi connectivity index (χ0) is 25.8. The van der Waals surface area contributed by atoms with Crippen molar-refractivity contribution in [2.75, 3.05) is 34.4 Å². The van der Waals surface area contributed by atoms with E-state index in [0.717, 1.165) is 29.1 Å². The molecule has 1 saturated heterocycles. The van der Waals surface area contributed by atoms with Crippen molar-refractivity contribution in [3.8, 4) is 11.8 Å². The molecule has 1 amide bonds. The number of thiocarbonyl (C=S) groups is 1. The summed E-state index contributed by atoms with van der Waals surface area (Å²) in [5, 5.41) is 18.8. The summed E-state index contributed by atoms with van der Waals surface area (Å²) in [5.41, 5.74) is -1.19.